The maximum atomic E-state index is 11.7. The lowest BCUT2D eigenvalue weighted by Crippen LogP contribution is -2.30. The topological polar surface area (TPSA) is 44.8 Å². The number of ether oxygens (including phenoxy) is 3. The van der Waals surface area contributed by atoms with Crippen LogP contribution in [-0.4, -0.2) is 26.3 Å². The van der Waals surface area contributed by atoms with Gasteiger partial charge in [-0.1, -0.05) is 26.0 Å². The van der Waals surface area contributed by atoms with Gasteiger partial charge in [-0.15, -0.1) is 0 Å². The van der Waals surface area contributed by atoms with Gasteiger partial charge < -0.3 is 14.2 Å². The van der Waals surface area contributed by atoms with Gasteiger partial charge in [-0.05, 0) is 30.0 Å². The van der Waals surface area contributed by atoms with Crippen LogP contribution in [0.25, 0.3) is 0 Å². The highest BCUT2D eigenvalue weighted by Gasteiger charge is 2.22. The van der Waals surface area contributed by atoms with Crippen LogP contribution in [0, 0.1) is 5.92 Å². The van der Waals surface area contributed by atoms with Gasteiger partial charge >= 0.3 is 5.97 Å². The molecule has 1 aromatic carbocycles. The van der Waals surface area contributed by atoms with Crippen LogP contribution < -0.4 is 4.74 Å². The molecule has 0 fully saturated rings. The van der Waals surface area contributed by atoms with Crippen molar-refractivity contribution in [2.24, 2.45) is 5.92 Å². The molecule has 0 aliphatic carbocycles. The van der Waals surface area contributed by atoms with Crippen molar-refractivity contribution in [3.8, 4) is 5.75 Å². The summed E-state index contributed by atoms with van der Waals surface area (Å²) in [5.41, 5.74) is 1.01. The second-order valence-corrected chi connectivity index (χ2v) is 4.84. The molecule has 0 aromatic heterocycles. The van der Waals surface area contributed by atoms with Gasteiger partial charge in [-0.3, -0.25) is 0 Å². The largest absolute Gasteiger partial charge is 0.479 e. The Morgan fingerprint density at radius 3 is 2.58 bits per heavy atom. The van der Waals surface area contributed by atoms with E-state index in [1.54, 1.807) is 7.11 Å². The Bertz CT molecular complexity index is 401. The van der Waals surface area contributed by atoms with Crippen molar-refractivity contribution in [2.45, 2.75) is 33.0 Å². The first-order valence-electron chi connectivity index (χ1n) is 6.39. The van der Waals surface area contributed by atoms with Gasteiger partial charge in [-0.25, -0.2) is 4.79 Å². The van der Waals surface area contributed by atoms with Gasteiger partial charge in [-0.2, -0.15) is 0 Å². The molecule has 0 aliphatic heterocycles. The van der Waals surface area contributed by atoms with E-state index in [-0.39, 0.29) is 5.97 Å². The molecule has 0 saturated heterocycles. The fraction of sp³-hybridized carbons (Fsp3) is 0.533. The lowest BCUT2D eigenvalue weighted by molar-refractivity contribution is -0.149. The van der Waals surface area contributed by atoms with Crippen LogP contribution in [0.1, 0.15) is 25.8 Å². The molecular formula is C15H22O4. The highest BCUT2D eigenvalue weighted by atomic mass is 16.6. The summed E-state index contributed by atoms with van der Waals surface area (Å²) in [4.78, 5) is 11.7. The van der Waals surface area contributed by atoms with E-state index in [1.165, 1.54) is 7.11 Å². The zero-order chi connectivity index (χ0) is 14.3. The van der Waals surface area contributed by atoms with E-state index in [2.05, 4.69) is 0 Å². The molecule has 0 N–H and O–H groups in total. The summed E-state index contributed by atoms with van der Waals surface area (Å²) in [7, 11) is 3.02. The summed E-state index contributed by atoms with van der Waals surface area (Å²) in [5.74, 6) is 0.669. The first-order chi connectivity index (χ1) is 9.06. The number of benzene rings is 1. The number of carbonyl (C=O) groups excluding carboxylic acids is 1. The Hall–Kier alpha value is -1.55. The van der Waals surface area contributed by atoms with Gasteiger partial charge in [0.2, 0.25) is 0 Å². The van der Waals surface area contributed by atoms with Gasteiger partial charge in [0.05, 0.1) is 13.7 Å². The molecule has 0 aliphatic rings. The molecule has 1 atom stereocenters. The van der Waals surface area contributed by atoms with Crippen LogP contribution in [0.3, 0.4) is 0 Å². The van der Waals surface area contributed by atoms with E-state index in [1.807, 2.05) is 38.1 Å². The van der Waals surface area contributed by atoms with E-state index < -0.39 is 6.10 Å². The van der Waals surface area contributed by atoms with Crippen LogP contribution in [-0.2, 0) is 20.9 Å². The summed E-state index contributed by atoms with van der Waals surface area (Å²) in [6.07, 6.45) is 0.0593. The normalized spacial score (nSPS) is 12.3. The predicted octanol–water partition coefficient (Wildman–Crippen LogP) is 2.80. The average molecular weight is 266 g/mol. The maximum Gasteiger partial charge on any atom is 0.347 e. The quantitative estimate of drug-likeness (QED) is 0.712. The first-order valence-corrected chi connectivity index (χ1v) is 6.39. The lowest BCUT2D eigenvalue weighted by atomic mass is 10.1. The Morgan fingerprint density at radius 2 is 2.00 bits per heavy atom. The molecule has 19 heavy (non-hydrogen) atoms. The fourth-order valence-electron chi connectivity index (χ4n) is 1.79. The Kier molecular flexibility index (Phi) is 6.36. The summed E-state index contributed by atoms with van der Waals surface area (Å²) < 4.78 is 15.6. The number of methoxy groups -OCH3 is 2. The van der Waals surface area contributed by atoms with Gasteiger partial charge in [0, 0.05) is 7.11 Å². The summed E-state index contributed by atoms with van der Waals surface area (Å²) in [6.45, 7) is 4.60. The molecule has 0 heterocycles. The van der Waals surface area contributed by atoms with E-state index in [9.17, 15) is 4.79 Å². The van der Waals surface area contributed by atoms with Crippen molar-refractivity contribution in [3.63, 3.8) is 0 Å². The number of carbonyl (C=O) groups is 1. The Balaban J connectivity index is 2.77. The molecule has 4 nitrogen and oxygen atoms in total. The van der Waals surface area contributed by atoms with Crippen molar-refractivity contribution >= 4 is 5.97 Å². The van der Waals surface area contributed by atoms with Crippen LogP contribution in [0.5, 0.6) is 5.75 Å². The molecule has 0 saturated carbocycles. The molecule has 1 aromatic rings. The third-order valence-electron chi connectivity index (χ3n) is 2.64. The molecule has 0 spiro atoms. The third-order valence-corrected chi connectivity index (χ3v) is 2.64. The third kappa shape index (κ3) is 5.30. The van der Waals surface area contributed by atoms with E-state index in [0.29, 0.717) is 24.7 Å². The van der Waals surface area contributed by atoms with Crippen molar-refractivity contribution in [3.05, 3.63) is 29.8 Å². The zero-order valence-corrected chi connectivity index (χ0v) is 12.0. The van der Waals surface area contributed by atoms with Crippen molar-refractivity contribution in [1.29, 1.82) is 0 Å². The SMILES string of the molecule is COCc1cccc(O[C@H](CC(C)C)C(=O)OC)c1. The van der Waals surface area contributed by atoms with E-state index >= 15 is 0 Å². The van der Waals surface area contributed by atoms with Crippen molar-refractivity contribution < 1.29 is 19.0 Å². The minimum Gasteiger partial charge on any atom is -0.479 e. The summed E-state index contributed by atoms with van der Waals surface area (Å²) >= 11 is 0. The Labute approximate surface area is 114 Å². The van der Waals surface area contributed by atoms with Crippen molar-refractivity contribution in [2.75, 3.05) is 14.2 Å². The second-order valence-electron chi connectivity index (χ2n) is 4.84. The summed E-state index contributed by atoms with van der Waals surface area (Å²) in [5, 5.41) is 0. The summed E-state index contributed by atoms with van der Waals surface area (Å²) in [6, 6.07) is 7.54. The van der Waals surface area contributed by atoms with Crippen molar-refractivity contribution in [1.82, 2.24) is 0 Å². The van der Waals surface area contributed by atoms with Gasteiger partial charge in [0.25, 0.3) is 0 Å². The van der Waals surface area contributed by atoms with Crippen LogP contribution >= 0.6 is 0 Å². The minimum atomic E-state index is -0.567. The predicted molar refractivity (Wildman–Crippen MR) is 73.0 cm³/mol. The Morgan fingerprint density at radius 1 is 1.26 bits per heavy atom. The molecule has 4 heteroatoms. The standard InChI is InChI=1S/C15H22O4/c1-11(2)8-14(15(16)18-4)19-13-7-5-6-12(9-13)10-17-3/h5-7,9,11,14H,8,10H2,1-4H3/t14-/m1/s1. The molecule has 0 bridgehead atoms. The molecule has 0 radical (unpaired) electrons. The van der Waals surface area contributed by atoms with Crippen LogP contribution in [0.15, 0.2) is 24.3 Å². The lowest BCUT2D eigenvalue weighted by Gasteiger charge is -2.19. The molecule has 0 amide bonds. The molecule has 106 valence electrons. The monoisotopic (exact) mass is 266 g/mol. The van der Waals surface area contributed by atoms with E-state index in [4.69, 9.17) is 14.2 Å². The maximum absolute atomic E-state index is 11.7. The van der Waals surface area contributed by atoms with E-state index in [0.717, 1.165) is 5.56 Å². The molecule has 1 rings (SSSR count). The molecule has 0 unspecified atom stereocenters. The minimum absolute atomic E-state index is 0.342. The van der Waals surface area contributed by atoms with Crippen LogP contribution in [0.2, 0.25) is 0 Å². The zero-order valence-electron chi connectivity index (χ0n) is 12.0. The highest BCUT2D eigenvalue weighted by molar-refractivity contribution is 5.75. The number of hydrogen-bond donors (Lipinski definition) is 0. The fourth-order valence-corrected chi connectivity index (χ4v) is 1.79. The average Bonchev–Trinajstić information content (AvgIpc) is 2.37. The van der Waals surface area contributed by atoms with Crippen LogP contribution in [0.4, 0.5) is 0 Å². The highest BCUT2D eigenvalue weighted by Crippen LogP contribution is 2.19. The molecular weight excluding hydrogens is 244 g/mol. The second kappa shape index (κ2) is 7.79. The van der Waals surface area contributed by atoms with Gasteiger partial charge in [0.15, 0.2) is 6.10 Å². The number of rotatable bonds is 7. The number of esters is 1. The number of hydrogen-bond acceptors (Lipinski definition) is 4. The first kappa shape index (κ1) is 15.5. The smallest absolute Gasteiger partial charge is 0.347 e. The van der Waals surface area contributed by atoms with Gasteiger partial charge in [0.1, 0.15) is 5.75 Å².